The number of primary amides is 2. The number of hydrogen-bond acceptors (Lipinski definition) is 24. The predicted molar refractivity (Wildman–Crippen MR) is 440 cm³/mol. The van der Waals surface area contributed by atoms with Crippen molar-refractivity contribution in [1.82, 2.24) is 90.0 Å². The summed E-state index contributed by atoms with van der Waals surface area (Å²) in [6.45, 7) is 22.9. The third-order valence-corrected chi connectivity index (χ3v) is 20.7. The van der Waals surface area contributed by atoms with E-state index in [1.807, 2.05) is 13.8 Å². The maximum atomic E-state index is 15.1. The van der Waals surface area contributed by atoms with Crippen LogP contribution in [0.25, 0.3) is 0 Å². The van der Waals surface area contributed by atoms with Crippen LogP contribution in [0, 0.1) is 35.5 Å². The summed E-state index contributed by atoms with van der Waals surface area (Å²) in [5.41, 5.74) is 10.1. The highest BCUT2D eigenvalue weighted by Crippen LogP contribution is 2.25. The monoisotopic (exact) mass is 1750 g/mol. The maximum Gasteiger partial charge on any atom is 0.305 e. The van der Waals surface area contributed by atoms with Crippen LogP contribution in [0.4, 0.5) is 0 Å². The van der Waals surface area contributed by atoms with Crippen molar-refractivity contribution in [2.45, 2.75) is 278 Å². The van der Waals surface area contributed by atoms with E-state index in [9.17, 15) is 111 Å². The van der Waals surface area contributed by atoms with Gasteiger partial charge in [0.1, 0.15) is 84.6 Å². The third kappa shape index (κ3) is 40.6. The van der Waals surface area contributed by atoms with E-state index in [4.69, 9.17) is 11.5 Å². The smallest absolute Gasteiger partial charge is 0.305 e. The summed E-state index contributed by atoms with van der Waals surface area (Å²) >= 11 is 0. The molecular formula is C76H127N19O24S2. The molecule has 0 aliphatic carbocycles. The quantitative estimate of drug-likeness (QED) is 0.0264. The predicted octanol–water partition coefficient (Wildman–Crippen LogP) is -5.19. The summed E-state index contributed by atoms with van der Waals surface area (Å²) in [6, 6.07) is -23.0. The topological polar surface area (TPSA) is 667 Å². The summed E-state index contributed by atoms with van der Waals surface area (Å²) in [6.07, 6.45) is -3.71. The lowest BCUT2D eigenvalue weighted by Gasteiger charge is -2.32. The van der Waals surface area contributed by atoms with Gasteiger partial charge >= 0.3 is 11.9 Å². The molecule has 0 aromatic heterocycles. The van der Waals surface area contributed by atoms with Gasteiger partial charge in [-0.2, -0.15) is 0 Å². The molecule has 23 N–H and O–H groups in total. The van der Waals surface area contributed by atoms with Crippen molar-refractivity contribution < 1.29 is 116 Å². The first kappa shape index (κ1) is 107. The summed E-state index contributed by atoms with van der Waals surface area (Å²) in [4.78, 5) is 291. The molecular weight excluding hydrogens is 1630 g/mol. The maximum absolute atomic E-state index is 15.1. The number of fused-ring (bicyclic) bond motifs is 1. The molecule has 45 heteroatoms. The van der Waals surface area contributed by atoms with Gasteiger partial charge in [0.2, 0.25) is 112 Å². The van der Waals surface area contributed by atoms with Crippen molar-refractivity contribution in [2.24, 2.45) is 47.0 Å². The average molecular weight is 1760 g/mol. The number of amides is 19. The van der Waals surface area contributed by atoms with Crippen molar-refractivity contribution >= 4 is 146 Å². The average Bonchev–Trinajstić information content (AvgIpc) is 1.74. The van der Waals surface area contributed by atoms with Crippen LogP contribution >= 0.6 is 21.6 Å². The number of nitrogens with one attached hydrogen (secondary N) is 16. The molecule has 682 valence electrons. The lowest BCUT2D eigenvalue weighted by atomic mass is 9.98. The standard InChI is InChI=1S/C76H127N19O24S2/c1-35(2)19-20-42-64(108)91-50(25-39(9)10)75(119)95-21-17-18-54(95)73(117)89-46(26-55(77)98)67(111)86-45(24-38(7)8)66(110)85-43(22-36(3)4)62(106)79-31-58(101)83-52(63(107)80-30-57(100)82-48(28-59(102)103)69(113)88-49(29-60(104)105)72(116)94-76(14,15)16)33-120-121-34-53(71(115)87-44(23-37(5)6)65(109)84-42)93-70(114)51(32-96)92-68(112)47(27-56(78)99)90-74(118)61(40(11)12)81-41(13)97/h35-40,42-54,61,96H,17-34H2,1-16H3,(H2,77,98)(H2,78,99)(H,79,106)(H,80,107)(H,81,97)(H,82,100)(H,83,101)(H,84,109)(H,85,110)(H,86,111)(H,87,115)(H,88,113)(H,89,117)(H,90,118)(H,91,108)(H,92,112)(H,93,114)(H,94,116)(H,102,103)(H,104,105)/t42-,43-,44-,45-,46-,47-,48-,49-,50-,51-,52-,53-,54-,61-/m0/s1. The fourth-order valence-corrected chi connectivity index (χ4v) is 14.8. The van der Waals surface area contributed by atoms with Crippen LogP contribution in [0.3, 0.4) is 0 Å². The van der Waals surface area contributed by atoms with Crippen LogP contribution < -0.4 is 96.5 Å². The summed E-state index contributed by atoms with van der Waals surface area (Å²) < 4.78 is 0. The minimum absolute atomic E-state index is 0.0166. The molecule has 19 amide bonds. The molecule has 0 radical (unpaired) electrons. The first-order valence-electron chi connectivity index (χ1n) is 40.2. The van der Waals surface area contributed by atoms with Gasteiger partial charge in [0.15, 0.2) is 0 Å². The zero-order valence-corrected chi connectivity index (χ0v) is 73.2. The summed E-state index contributed by atoms with van der Waals surface area (Å²) in [5.74, 6) is -26.5. The van der Waals surface area contributed by atoms with Crippen LogP contribution in [-0.4, -0.2) is 272 Å². The molecule has 0 unspecified atom stereocenters. The first-order valence-corrected chi connectivity index (χ1v) is 42.6. The highest BCUT2D eigenvalue weighted by atomic mass is 33.1. The van der Waals surface area contributed by atoms with Crippen LogP contribution in [0.2, 0.25) is 0 Å². The molecule has 2 heterocycles. The molecule has 121 heavy (non-hydrogen) atoms. The van der Waals surface area contributed by atoms with Gasteiger partial charge in [-0.1, -0.05) is 105 Å². The van der Waals surface area contributed by atoms with Gasteiger partial charge in [0, 0.05) is 30.5 Å². The van der Waals surface area contributed by atoms with E-state index in [0.29, 0.717) is 28.0 Å². The molecule has 2 fully saturated rings. The van der Waals surface area contributed by atoms with Crippen molar-refractivity contribution in [3.05, 3.63) is 0 Å². The van der Waals surface area contributed by atoms with Gasteiger partial charge in [-0.05, 0) is 108 Å². The number of nitrogens with two attached hydrogens (primary N) is 2. The Bertz CT molecular complexity index is 3690. The lowest BCUT2D eigenvalue weighted by molar-refractivity contribution is -0.143. The number of carbonyl (C=O) groups excluding carboxylic acids is 19. The third-order valence-electron chi connectivity index (χ3n) is 18.3. The molecule has 0 aromatic carbocycles. The van der Waals surface area contributed by atoms with E-state index < -0.39 is 283 Å². The number of nitrogens with zero attached hydrogens (tertiary/aromatic N) is 1. The minimum Gasteiger partial charge on any atom is -0.481 e. The number of aliphatic carboxylic acids is 2. The number of aliphatic hydroxyl groups excluding tert-OH is 1. The Labute approximate surface area is 711 Å². The van der Waals surface area contributed by atoms with Crippen LogP contribution in [0.1, 0.15) is 188 Å². The Morgan fingerprint density at radius 2 is 0.959 bits per heavy atom. The zero-order valence-electron chi connectivity index (χ0n) is 71.6. The molecule has 0 spiro atoms. The second kappa shape index (κ2) is 52.0. The number of hydrogen-bond donors (Lipinski definition) is 21. The Kier molecular flexibility index (Phi) is 45.8. The van der Waals surface area contributed by atoms with E-state index in [1.165, 1.54) is 4.90 Å². The highest BCUT2D eigenvalue weighted by molar-refractivity contribution is 8.76. The number of carboxylic acid groups (broad SMARTS) is 2. The number of aliphatic hydroxyl groups is 1. The van der Waals surface area contributed by atoms with Gasteiger partial charge in [-0.15, -0.1) is 0 Å². The molecule has 2 aliphatic heterocycles. The molecule has 2 rings (SSSR count). The van der Waals surface area contributed by atoms with Crippen LogP contribution in [-0.2, 0) is 101 Å². The summed E-state index contributed by atoms with van der Waals surface area (Å²) in [5, 5.41) is 68.9. The Morgan fingerprint density at radius 1 is 0.504 bits per heavy atom. The largest absolute Gasteiger partial charge is 0.481 e. The zero-order chi connectivity index (χ0) is 92.2. The number of rotatable bonds is 35. The highest BCUT2D eigenvalue weighted by Gasteiger charge is 2.43. The minimum atomic E-state index is -2.03. The van der Waals surface area contributed by atoms with E-state index in [-0.39, 0.29) is 75.2 Å². The number of carboxylic acids is 2. The SMILES string of the molecule is CC(=O)N[C@H](C(=O)N[C@@H](CC(N)=O)C(=O)N[C@@H](CO)C(=O)N[C@H]1CSSC[C@@H](C(=O)NCC(=O)N[C@@H](CC(=O)O)C(=O)N[C@@H](CC(=O)O)C(=O)NC(C)(C)C)NC(=O)CNC(=O)[C@H](CC(C)C)NC(=O)[C@H](CC(C)C)NC(=O)[C@H](CC(N)=O)NC(=O)[C@@H]2CCCN2C(=O)[C@H](CC(C)C)NC(=O)[C@H](CCC(C)C)NC(=O)[C@H](CC(C)C)NC1=O)C(C)C. The fraction of sp³-hybridized carbons (Fsp3) is 0.724. The van der Waals surface area contributed by atoms with E-state index in [0.717, 1.165) is 6.92 Å². The Morgan fingerprint density at radius 3 is 1.45 bits per heavy atom. The van der Waals surface area contributed by atoms with Crippen LogP contribution in [0.5, 0.6) is 0 Å². The molecule has 2 saturated heterocycles. The van der Waals surface area contributed by atoms with Crippen molar-refractivity contribution in [3.8, 4) is 0 Å². The second-order valence-corrected chi connectivity index (χ2v) is 36.0. The first-order chi connectivity index (χ1) is 56.2. The van der Waals surface area contributed by atoms with E-state index in [2.05, 4.69) is 85.1 Å². The number of carbonyl (C=O) groups is 21. The second-order valence-electron chi connectivity index (χ2n) is 33.4. The molecule has 0 saturated carbocycles. The van der Waals surface area contributed by atoms with Gasteiger partial charge < -0.3 is 117 Å². The van der Waals surface area contributed by atoms with Crippen molar-refractivity contribution in [2.75, 3.05) is 37.7 Å². The molecule has 14 atom stereocenters. The molecule has 2 aliphatic rings. The van der Waals surface area contributed by atoms with Crippen molar-refractivity contribution in [1.29, 1.82) is 0 Å². The van der Waals surface area contributed by atoms with Crippen LogP contribution in [0.15, 0.2) is 0 Å². The van der Waals surface area contributed by atoms with Crippen molar-refractivity contribution in [3.63, 3.8) is 0 Å². The normalized spacial score (nSPS) is 22.0. The van der Waals surface area contributed by atoms with Gasteiger partial charge in [0.25, 0.3) is 0 Å². The summed E-state index contributed by atoms with van der Waals surface area (Å²) in [7, 11) is 1.38. The van der Waals surface area contributed by atoms with Gasteiger partial charge in [0.05, 0.1) is 45.4 Å². The lowest BCUT2D eigenvalue weighted by Crippen LogP contribution is -2.61. The Hall–Kier alpha value is -10.5. The molecule has 43 nitrogen and oxygen atoms in total. The Balaban J connectivity index is 3.06. The molecule has 0 aromatic rings. The fourth-order valence-electron chi connectivity index (χ4n) is 12.4. The van der Waals surface area contributed by atoms with Gasteiger partial charge in [-0.25, -0.2) is 0 Å². The van der Waals surface area contributed by atoms with Gasteiger partial charge in [-0.3, -0.25) is 101 Å². The molecule has 0 bridgehead atoms. The van der Waals surface area contributed by atoms with E-state index in [1.54, 1.807) is 90.0 Å². The van der Waals surface area contributed by atoms with E-state index >= 15 is 4.79 Å².